The molecule has 2 N–H and O–H groups in total. The van der Waals surface area contributed by atoms with E-state index in [4.69, 9.17) is 10.5 Å². The standard InChI is InChI=1S/C7H11NO/c1-2-3-7(6-9)4-5-8/h2-5,8-9H,6H2,1H3/b3-2-,7-4+,8-5?. The molecule has 0 atom stereocenters. The molecule has 50 valence electrons. The molecule has 0 bridgehead atoms. The number of hydrogen-bond acceptors (Lipinski definition) is 2. The Morgan fingerprint density at radius 2 is 2.33 bits per heavy atom. The smallest absolute Gasteiger partial charge is 0.0682 e. The molecule has 2 nitrogen and oxygen atoms in total. The minimum Gasteiger partial charge on any atom is -0.392 e. The highest BCUT2D eigenvalue weighted by molar-refractivity contribution is 5.69. The van der Waals surface area contributed by atoms with Crippen LogP contribution in [0.1, 0.15) is 6.92 Å². The average Bonchev–Trinajstić information content (AvgIpc) is 1.88. The van der Waals surface area contributed by atoms with E-state index in [1.165, 1.54) is 0 Å². The molecule has 0 saturated carbocycles. The Balaban J connectivity index is 3.96. The Kier molecular flexibility index (Phi) is 4.73. The highest BCUT2D eigenvalue weighted by Crippen LogP contribution is 1.92. The third kappa shape index (κ3) is 3.67. The molecule has 0 spiro atoms. The maximum atomic E-state index is 8.57. The van der Waals surface area contributed by atoms with Crippen molar-refractivity contribution < 1.29 is 5.11 Å². The van der Waals surface area contributed by atoms with Crippen molar-refractivity contribution in [3.8, 4) is 0 Å². The van der Waals surface area contributed by atoms with Gasteiger partial charge >= 0.3 is 0 Å². The number of rotatable bonds is 3. The maximum Gasteiger partial charge on any atom is 0.0682 e. The third-order valence-electron chi connectivity index (χ3n) is 0.861. The first-order valence-corrected chi connectivity index (χ1v) is 2.78. The number of allylic oxidation sites excluding steroid dienone is 2. The number of nitrogens with one attached hydrogen (secondary N) is 1. The van der Waals surface area contributed by atoms with Crippen LogP contribution in [0.4, 0.5) is 0 Å². The maximum absolute atomic E-state index is 8.57. The van der Waals surface area contributed by atoms with Crippen LogP contribution in [-0.2, 0) is 0 Å². The lowest BCUT2D eigenvalue weighted by molar-refractivity contribution is 0.335. The second-order valence-electron chi connectivity index (χ2n) is 1.57. The van der Waals surface area contributed by atoms with Crippen molar-refractivity contribution in [2.24, 2.45) is 0 Å². The Bertz CT molecular complexity index is 136. The Labute approximate surface area is 55.0 Å². The van der Waals surface area contributed by atoms with Gasteiger partial charge in [-0.25, -0.2) is 0 Å². The van der Waals surface area contributed by atoms with Crippen LogP contribution in [0, 0.1) is 5.41 Å². The predicted molar refractivity (Wildman–Crippen MR) is 38.8 cm³/mol. The SMILES string of the molecule is C/C=C\C(=C/C=N)CO. The second-order valence-corrected chi connectivity index (χ2v) is 1.57. The zero-order valence-electron chi connectivity index (χ0n) is 5.46. The van der Waals surface area contributed by atoms with E-state index in [1.54, 1.807) is 12.2 Å². The van der Waals surface area contributed by atoms with Crippen LogP contribution in [0.15, 0.2) is 23.8 Å². The van der Waals surface area contributed by atoms with Gasteiger partial charge in [-0.1, -0.05) is 12.2 Å². The minimum atomic E-state index is -0.000278. The van der Waals surface area contributed by atoms with E-state index in [1.807, 2.05) is 13.0 Å². The van der Waals surface area contributed by atoms with Crippen molar-refractivity contribution >= 4 is 6.21 Å². The molecule has 0 unspecified atom stereocenters. The Morgan fingerprint density at radius 3 is 2.67 bits per heavy atom. The molecule has 0 aliphatic carbocycles. The first-order chi connectivity index (χ1) is 4.35. The van der Waals surface area contributed by atoms with Gasteiger partial charge in [0.15, 0.2) is 0 Å². The normalized spacial score (nSPS) is 12.4. The minimum absolute atomic E-state index is 0.000278. The summed E-state index contributed by atoms with van der Waals surface area (Å²) in [6.07, 6.45) is 6.31. The van der Waals surface area contributed by atoms with Crippen LogP contribution in [0.3, 0.4) is 0 Å². The fourth-order valence-corrected chi connectivity index (χ4v) is 0.482. The molecule has 0 aromatic rings. The molecule has 0 aromatic carbocycles. The van der Waals surface area contributed by atoms with Crippen LogP contribution in [0.2, 0.25) is 0 Å². The van der Waals surface area contributed by atoms with Crippen LogP contribution in [-0.4, -0.2) is 17.9 Å². The van der Waals surface area contributed by atoms with Crippen molar-refractivity contribution in [2.45, 2.75) is 6.92 Å². The van der Waals surface area contributed by atoms with Gasteiger partial charge in [0.2, 0.25) is 0 Å². The number of aliphatic hydroxyl groups excluding tert-OH is 1. The molecule has 0 saturated heterocycles. The van der Waals surface area contributed by atoms with Gasteiger partial charge in [-0.05, 0) is 18.6 Å². The quantitative estimate of drug-likeness (QED) is 0.431. The van der Waals surface area contributed by atoms with Crippen molar-refractivity contribution in [3.63, 3.8) is 0 Å². The summed E-state index contributed by atoms with van der Waals surface area (Å²) in [5.74, 6) is 0. The van der Waals surface area contributed by atoms with Crippen molar-refractivity contribution in [1.82, 2.24) is 0 Å². The van der Waals surface area contributed by atoms with E-state index >= 15 is 0 Å². The first kappa shape index (κ1) is 8.11. The number of aliphatic hydroxyl groups is 1. The zero-order chi connectivity index (χ0) is 7.11. The summed E-state index contributed by atoms with van der Waals surface area (Å²) in [7, 11) is 0. The lowest BCUT2D eigenvalue weighted by Crippen LogP contribution is -1.85. The van der Waals surface area contributed by atoms with Crippen molar-refractivity contribution in [1.29, 1.82) is 5.41 Å². The molecule has 0 aliphatic heterocycles. The Hall–Kier alpha value is -0.890. The predicted octanol–water partition coefficient (Wildman–Crippen LogP) is 1.13. The Morgan fingerprint density at radius 1 is 1.67 bits per heavy atom. The highest BCUT2D eigenvalue weighted by Gasteiger charge is 1.82. The molecule has 0 heterocycles. The van der Waals surface area contributed by atoms with Crippen LogP contribution in [0.25, 0.3) is 0 Å². The molecule has 0 fully saturated rings. The second kappa shape index (κ2) is 5.25. The van der Waals surface area contributed by atoms with E-state index in [2.05, 4.69) is 0 Å². The first-order valence-electron chi connectivity index (χ1n) is 2.78. The van der Waals surface area contributed by atoms with Gasteiger partial charge in [-0.3, -0.25) is 0 Å². The van der Waals surface area contributed by atoms with Gasteiger partial charge in [-0.15, -0.1) is 0 Å². The molecule has 0 aliphatic rings. The monoisotopic (exact) mass is 125 g/mol. The summed E-state index contributed by atoms with van der Waals surface area (Å²) in [4.78, 5) is 0. The summed E-state index contributed by atoms with van der Waals surface area (Å²) in [6.45, 7) is 1.87. The molecule has 0 amide bonds. The summed E-state index contributed by atoms with van der Waals surface area (Å²) >= 11 is 0. The van der Waals surface area contributed by atoms with Gasteiger partial charge < -0.3 is 10.5 Å². The summed E-state index contributed by atoms with van der Waals surface area (Å²) in [6, 6.07) is 0. The van der Waals surface area contributed by atoms with Gasteiger partial charge in [-0.2, -0.15) is 0 Å². The third-order valence-corrected chi connectivity index (χ3v) is 0.861. The molecule has 9 heavy (non-hydrogen) atoms. The average molecular weight is 125 g/mol. The van der Waals surface area contributed by atoms with Gasteiger partial charge in [0.25, 0.3) is 0 Å². The van der Waals surface area contributed by atoms with Crippen LogP contribution < -0.4 is 0 Å². The van der Waals surface area contributed by atoms with E-state index in [0.29, 0.717) is 0 Å². The fourth-order valence-electron chi connectivity index (χ4n) is 0.482. The fraction of sp³-hybridized carbons (Fsp3) is 0.286. The van der Waals surface area contributed by atoms with Crippen LogP contribution in [0.5, 0.6) is 0 Å². The van der Waals surface area contributed by atoms with Crippen molar-refractivity contribution in [2.75, 3.05) is 6.61 Å². The molecule has 0 radical (unpaired) electrons. The lowest BCUT2D eigenvalue weighted by Gasteiger charge is -1.89. The van der Waals surface area contributed by atoms with Gasteiger partial charge in [0, 0.05) is 6.21 Å². The van der Waals surface area contributed by atoms with Crippen LogP contribution >= 0.6 is 0 Å². The van der Waals surface area contributed by atoms with Gasteiger partial charge in [0.1, 0.15) is 0 Å². The molecular weight excluding hydrogens is 114 g/mol. The molecule has 2 heteroatoms. The number of hydrogen-bond donors (Lipinski definition) is 2. The highest BCUT2D eigenvalue weighted by atomic mass is 16.3. The van der Waals surface area contributed by atoms with Gasteiger partial charge in [0.05, 0.1) is 6.61 Å². The molecular formula is C7H11NO. The topological polar surface area (TPSA) is 44.1 Å². The summed E-state index contributed by atoms with van der Waals surface area (Å²) < 4.78 is 0. The summed E-state index contributed by atoms with van der Waals surface area (Å²) in [5.41, 5.74) is 0.757. The van der Waals surface area contributed by atoms with E-state index in [-0.39, 0.29) is 6.61 Å². The van der Waals surface area contributed by atoms with E-state index in [9.17, 15) is 0 Å². The molecule has 0 rings (SSSR count). The zero-order valence-corrected chi connectivity index (χ0v) is 5.46. The summed E-state index contributed by atoms with van der Waals surface area (Å²) in [5, 5.41) is 15.2. The van der Waals surface area contributed by atoms with E-state index in [0.717, 1.165) is 11.8 Å². The lowest BCUT2D eigenvalue weighted by atomic mass is 10.2. The van der Waals surface area contributed by atoms with Crippen molar-refractivity contribution in [3.05, 3.63) is 23.8 Å². The van der Waals surface area contributed by atoms with E-state index < -0.39 is 0 Å². The molecule has 0 aromatic heterocycles. The largest absolute Gasteiger partial charge is 0.392 e.